The Morgan fingerprint density at radius 3 is 2.38 bits per heavy atom. The van der Waals surface area contributed by atoms with Gasteiger partial charge in [0.25, 0.3) is 5.56 Å². The highest BCUT2D eigenvalue weighted by molar-refractivity contribution is 5.99. The monoisotopic (exact) mass is 535 g/mol. The van der Waals surface area contributed by atoms with Gasteiger partial charge in [0.2, 0.25) is 0 Å². The van der Waals surface area contributed by atoms with Crippen LogP contribution in [0.3, 0.4) is 0 Å². The topological polar surface area (TPSA) is 121 Å². The summed E-state index contributed by atoms with van der Waals surface area (Å²) in [6.45, 7) is 6.06. The van der Waals surface area contributed by atoms with Crippen LogP contribution in [0, 0.1) is 5.41 Å². The lowest BCUT2D eigenvalue weighted by Crippen LogP contribution is -2.28. The maximum absolute atomic E-state index is 13.4. The molecule has 0 bridgehead atoms. The molecule has 3 aromatic rings. The van der Waals surface area contributed by atoms with E-state index in [1.165, 1.54) is 4.57 Å². The molecule has 206 valence electrons. The Morgan fingerprint density at radius 2 is 1.69 bits per heavy atom. The molecule has 0 amide bonds. The Balaban J connectivity index is 1.59. The van der Waals surface area contributed by atoms with Crippen molar-refractivity contribution in [2.45, 2.75) is 52.5 Å². The van der Waals surface area contributed by atoms with E-state index in [1.807, 2.05) is 42.5 Å². The molecule has 39 heavy (non-hydrogen) atoms. The van der Waals surface area contributed by atoms with Crippen molar-refractivity contribution in [3.05, 3.63) is 75.6 Å². The maximum atomic E-state index is 13.4. The van der Waals surface area contributed by atoms with Crippen molar-refractivity contribution in [3.8, 4) is 5.75 Å². The van der Waals surface area contributed by atoms with Gasteiger partial charge in [-0.1, -0.05) is 43.3 Å². The summed E-state index contributed by atoms with van der Waals surface area (Å²) in [6.07, 6.45) is 1.02. The predicted molar refractivity (Wildman–Crippen MR) is 144 cm³/mol. The van der Waals surface area contributed by atoms with Gasteiger partial charge in [-0.2, -0.15) is 0 Å². The maximum Gasteiger partial charge on any atom is 0.347 e. The predicted octanol–water partition coefficient (Wildman–Crippen LogP) is 4.31. The molecule has 0 aliphatic heterocycles. The van der Waals surface area contributed by atoms with Crippen molar-refractivity contribution in [1.29, 1.82) is 0 Å². The molecule has 1 saturated carbocycles. The second-order valence-corrected chi connectivity index (χ2v) is 9.96. The molecule has 0 radical (unpaired) electrons. The number of esters is 3. The van der Waals surface area contributed by atoms with Crippen molar-refractivity contribution >= 4 is 28.8 Å². The van der Waals surface area contributed by atoms with E-state index in [9.17, 15) is 24.3 Å². The van der Waals surface area contributed by atoms with E-state index in [4.69, 9.17) is 14.2 Å². The van der Waals surface area contributed by atoms with Crippen LogP contribution in [0.1, 0.15) is 67.4 Å². The molecule has 1 aliphatic rings. The van der Waals surface area contributed by atoms with Gasteiger partial charge in [-0.3, -0.25) is 14.4 Å². The quantitative estimate of drug-likeness (QED) is 0.219. The second-order valence-electron chi connectivity index (χ2n) is 9.96. The zero-order chi connectivity index (χ0) is 28.2. The molecule has 9 nitrogen and oxygen atoms in total. The Bertz CT molecular complexity index is 1440. The number of benzene rings is 2. The summed E-state index contributed by atoms with van der Waals surface area (Å²) < 4.78 is 16.6. The van der Waals surface area contributed by atoms with Gasteiger partial charge in [-0.25, -0.2) is 4.79 Å². The summed E-state index contributed by atoms with van der Waals surface area (Å²) in [5, 5.41) is 11.5. The molecule has 2 atom stereocenters. The molecule has 1 N–H and O–H groups in total. The molecule has 1 fully saturated rings. The van der Waals surface area contributed by atoms with Gasteiger partial charge in [-0.15, -0.1) is 0 Å². The standard InChI is InChI=1S/C30H33NO8/c1-4-37-24(32)16-25(33)39-14-13-30(3)17-22(30)20-11-12-23-21(15-20)27(34)26(29(36)38-5-2)28(35)31(23)18-19-9-7-6-8-10-19/h6-12,15,22,34H,4-5,13-14,16-18H2,1-3H3/t22-,30?/m1/s1. The van der Waals surface area contributed by atoms with Gasteiger partial charge in [0.1, 0.15) is 12.2 Å². The molecule has 0 saturated heterocycles. The van der Waals surface area contributed by atoms with Crippen LogP contribution in [0.4, 0.5) is 0 Å². The number of hydrogen-bond acceptors (Lipinski definition) is 8. The third kappa shape index (κ3) is 6.13. The van der Waals surface area contributed by atoms with Crippen molar-refractivity contribution in [1.82, 2.24) is 4.57 Å². The number of carbonyl (C=O) groups is 3. The third-order valence-corrected chi connectivity index (χ3v) is 7.21. The molecule has 0 spiro atoms. The summed E-state index contributed by atoms with van der Waals surface area (Å²) in [5.41, 5.74) is 1.18. The summed E-state index contributed by atoms with van der Waals surface area (Å²) in [7, 11) is 0. The fourth-order valence-corrected chi connectivity index (χ4v) is 4.97. The van der Waals surface area contributed by atoms with Crippen molar-refractivity contribution in [3.63, 3.8) is 0 Å². The number of carbonyl (C=O) groups excluding carboxylic acids is 3. The SMILES string of the molecule is CCOC(=O)CC(=O)OCCC1(C)C[C@@H]1c1ccc2c(c1)c(O)c(C(=O)OCC)c(=O)n2Cc1ccccc1. The number of aromatic nitrogens is 1. The lowest BCUT2D eigenvalue weighted by atomic mass is 9.96. The summed E-state index contributed by atoms with van der Waals surface area (Å²) in [6, 6.07) is 14.9. The smallest absolute Gasteiger partial charge is 0.347 e. The first-order valence-electron chi connectivity index (χ1n) is 13.1. The molecule has 9 heteroatoms. The van der Waals surface area contributed by atoms with Crippen molar-refractivity contribution in [2.24, 2.45) is 5.41 Å². The first-order valence-corrected chi connectivity index (χ1v) is 13.1. The number of hydrogen-bond donors (Lipinski definition) is 1. The van der Waals surface area contributed by atoms with E-state index < -0.39 is 35.6 Å². The van der Waals surface area contributed by atoms with E-state index in [1.54, 1.807) is 19.9 Å². The average molecular weight is 536 g/mol. The Kier molecular flexibility index (Phi) is 8.38. The van der Waals surface area contributed by atoms with Gasteiger partial charge >= 0.3 is 17.9 Å². The van der Waals surface area contributed by atoms with Gasteiger partial charge in [0.05, 0.1) is 31.9 Å². The molecular formula is C30H33NO8. The minimum atomic E-state index is -0.866. The number of rotatable bonds is 11. The average Bonchev–Trinajstić information content (AvgIpc) is 3.58. The Labute approximate surface area is 226 Å². The highest BCUT2D eigenvalue weighted by Gasteiger charge is 2.50. The van der Waals surface area contributed by atoms with Crippen LogP contribution in [0.5, 0.6) is 5.75 Å². The lowest BCUT2D eigenvalue weighted by molar-refractivity contribution is -0.154. The fourth-order valence-electron chi connectivity index (χ4n) is 4.97. The van der Waals surface area contributed by atoms with Crippen LogP contribution in [0.25, 0.3) is 10.9 Å². The normalized spacial score (nSPS) is 18.0. The van der Waals surface area contributed by atoms with E-state index in [-0.39, 0.29) is 43.3 Å². The molecule has 4 rings (SSSR count). The van der Waals surface area contributed by atoms with Crippen molar-refractivity contribution in [2.75, 3.05) is 19.8 Å². The number of ether oxygens (including phenoxy) is 3. The zero-order valence-electron chi connectivity index (χ0n) is 22.4. The van der Waals surface area contributed by atoms with E-state index in [2.05, 4.69) is 6.92 Å². The van der Waals surface area contributed by atoms with Gasteiger partial charge < -0.3 is 23.9 Å². The summed E-state index contributed by atoms with van der Waals surface area (Å²) >= 11 is 0. The highest BCUT2D eigenvalue weighted by Crippen LogP contribution is 2.61. The van der Waals surface area contributed by atoms with Crippen LogP contribution >= 0.6 is 0 Å². The molecule has 1 unspecified atom stereocenters. The van der Waals surface area contributed by atoms with Crippen LogP contribution in [-0.2, 0) is 30.3 Å². The van der Waals surface area contributed by atoms with E-state index in [0.717, 1.165) is 17.5 Å². The van der Waals surface area contributed by atoms with Crippen LogP contribution in [-0.4, -0.2) is 47.4 Å². The Hall–Kier alpha value is -4.14. The van der Waals surface area contributed by atoms with Crippen LogP contribution in [0.15, 0.2) is 53.3 Å². The largest absolute Gasteiger partial charge is 0.506 e. The van der Waals surface area contributed by atoms with E-state index in [0.29, 0.717) is 17.3 Å². The summed E-state index contributed by atoms with van der Waals surface area (Å²) in [4.78, 5) is 49.4. The third-order valence-electron chi connectivity index (χ3n) is 7.21. The van der Waals surface area contributed by atoms with Crippen LogP contribution < -0.4 is 5.56 Å². The second kappa shape index (κ2) is 11.7. The Morgan fingerprint density at radius 1 is 1.00 bits per heavy atom. The first-order chi connectivity index (χ1) is 18.7. The molecular weight excluding hydrogens is 502 g/mol. The van der Waals surface area contributed by atoms with E-state index >= 15 is 0 Å². The zero-order valence-corrected chi connectivity index (χ0v) is 22.4. The van der Waals surface area contributed by atoms with Gasteiger partial charge in [0.15, 0.2) is 5.56 Å². The molecule has 1 aromatic heterocycles. The summed E-state index contributed by atoms with van der Waals surface area (Å²) in [5.74, 6) is -2.36. The van der Waals surface area contributed by atoms with Crippen molar-refractivity contribution < 1.29 is 33.7 Å². The van der Waals surface area contributed by atoms with Gasteiger partial charge in [-0.05, 0) is 61.3 Å². The minimum Gasteiger partial charge on any atom is -0.506 e. The highest BCUT2D eigenvalue weighted by atomic mass is 16.6. The van der Waals surface area contributed by atoms with Gasteiger partial charge in [0, 0.05) is 5.39 Å². The molecule has 1 heterocycles. The number of aromatic hydroxyl groups is 1. The number of fused-ring (bicyclic) bond motifs is 1. The first kappa shape index (κ1) is 27.9. The molecule has 2 aromatic carbocycles. The molecule has 1 aliphatic carbocycles. The number of nitrogens with zero attached hydrogens (tertiary/aromatic N) is 1. The lowest BCUT2D eigenvalue weighted by Gasteiger charge is -2.17. The number of pyridine rings is 1. The minimum absolute atomic E-state index is 0.0687. The fraction of sp³-hybridized carbons (Fsp3) is 0.400. The van der Waals surface area contributed by atoms with Crippen LogP contribution in [0.2, 0.25) is 0 Å².